The van der Waals surface area contributed by atoms with Crippen LogP contribution in [0.1, 0.15) is 12.7 Å². The number of thioether (sulfide) groups is 1. The van der Waals surface area contributed by atoms with Crippen LogP contribution in [0.2, 0.25) is 5.02 Å². The highest BCUT2D eigenvalue weighted by atomic mass is 35.5. The van der Waals surface area contributed by atoms with E-state index >= 15 is 0 Å². The molecular formula is C20H22ClN3O3S. The third-order valence-corrected chi connectivity index (χ3v) is 5.06. The molecule has 0 atom stereocenters. The Kier molecular flexibility index (Phi) is 7.45. The molecular weight excluding hydrogens is 398 g/mol. The average molecular weight is 420 g/mol. The molecule has 0 N–H and O–H groups in total. The maximum Gasteiger partial charge on any atom is 0.191 e. The highest BCUT2D eigenvalue weighted by Gasteiger charge is 2.10. The maximum absolute atomic E-state index is 5.88. The van der Waals surface area contributed by atoms with E-state index in [4.69, 9.17) is 25.8 Å². The quantitative estimate of drug-likeness (QED) is 0.353. The topological polar surface area (TPSA) is 58.4 Å². The Morgan fingerprint density at radius 3 is 2.18 bits per heavy atom. The summed E-state index contributed by atoms with van der Waals surface area (Å²) in [6.45, 7) is 3.53. The van der Waals surface area contributed by atoms with Crippen LogP contribution in [0, 0.1) is 0 Å². The van der Waals surface area contributed by atoms with Crippen molar-refractivity contribution in [2.75, 3.05) is 19.0 Å². The molecule has 0 radical (unpaired) electrons. The van der Waals surface area contributed by atoms with Crippen molar-refractivity contribution in [2.45, 2.75) is 18.7 Å². The molecule has 1 aromatic heterocycles. The van der Waals surface area contributed by atoms with Crippen LogP contribution in [-0.2, 0) is 13.7 Å². The fourth-order valence-electron chi connectivity index (χ4n) is 2.37. The van der Waals surface area contributed by atoms with Gasteiger partial charge >= 0.3 is 0 Å². The molecule has 1 heterocycles. The fourth-order valence-corrected chi connectivity index (χ4v) is 3.24. The van der Waals surface area contributed by atoms with Crippen molar-refractivity contribution in [3.63, 3.8) is 0 Å². The minimum atomic E-state index is 0.342. The van der Waals surface area contributed by atoms with E-state index in [1.54, 1.807) is 23.9 Å². The number of ether oxygens (including phenoxy) is 3. The highest BCUT2D eigenvalue weighted by molar-refractivity contribution is 7.99. The van der Waals surface area contributed by atoms with E-state index < -0.39 is 0 Å². The number of benzene rings is 2. The smallest absolute Gasteiger partial charge is 0.191 e. The van der Waals surface area contributed by atoms with E-state index in [0.717, 1.165) is 34.0 Å². The van der Waals surface area contributed by atoms with Gasteiger partial charge in [0.25, 0.3) is 0 Å². The summed E-state index contributed by atoms with van der Waals surface area (Å²) in [4.78, 5) is 0. The summed E-state index contributed by atoms with van der Waals surface area (Å²) in [6, 6.07) is 14.9. The van der Waals surface area contributed by atoms with Crippen LogP contribution >= 0.6 is 23.4 Å². The minimum Gasteiger partial charge on any atom is -0.494 e. The average Bonchev–Trinajstić information content (AvgIpc) is 3.06. The van der Waals surface area contributed by atoms with Gasteiger partial charge < -0.3 is 18.8 Å². The Balaban J connectivity index is 1.43. The molecule has 6 nitrogen and oxygen atoms in total. The van der Waals surface area contributed by atoms with Gasteiger partial charge in [0.05, 0.1) is 13.2 Å². The molecule has 0 aliphatic carbocycles. The van der Waals surface area contributed by atoms with Gasteiger partial charge in [-0.1, -0.05) is 23.4 Å². The zero-order chi connectivity index (χ0) is 19.8. The lowest BCUT2D eigenvalue weighted by molar-refractivity contribution is 0.290. The van der Waals surface area contributed by atoms with Crippen LogP contribution < -0.4 is 14.2 Å². The largest absolute Gasteiger partial charge is 0.494 e. The van der Waals surface area contributed by atoms with Gasteiger partial charge in [-0.25, -0.2) is 0 Å². The summed E-state index contributed by atoms with van der Waals surface area (Å²) in [6.07, 6.45) is 0. The van der Waals surface area contributed by atoms with E-state index in [-0.39, 0.29) is 0 Å². The second-order valence-corrected chi connectivity index (χ2v) is 7.30. The number of hydrogen-bond acceptors (Lipinski definition) is 6. The molecule has 0 saturated carbocycles. The third-order valence-electron chi connectivity index (χ3n) is 3.82. The minimum absolute atomic E-state index is 0.342. The molecule has 0 aliphatic heterocycles. The third kappa shape index (κ3) is 5.81. The van der Waals surface area contributed by atoms with Gasteiger partial charge in [-0.2, -0.15) is 0 Å². The molecule has 8 heteroatoms. The molecule has 0 spiro atoms. The van der Waals surface area contributed by atoms with Gasteiger partial charge in [0.1, 0.15) is 23.9 Å². The monoisotopic (exact) mass is 419 g/mol. The molecule has 0 bridgehead atoms. The van der Waals surface area contributed by atoms with Crippen molar-refractivity contribution in [3.05, 3.63) is 59.4 Å². The van der Waals surface area contributed by atoms with E-state index in [9.17, 15) is 0 Å². The van der Waals surface area contributed by atoms with Gasteiger partial charge in [-0.3, -0.25) is 0 Å². The molecule has 28 heavy (non-hydrogen) atoms. The fraction of sp³-hybridized carbons (Fsp3) is 0.300. The predicted molar refractivity (Wildman–Crippen MR) is 111 cm³/mol. The summed E-state index contributed by atoms with van der Waals surface area (Å²) in [5, 5.41) is 9.92. The van der Waals surface area contributed by atoms with Crippen LogP contribution in [0.3, 0.4) is 0 Å². The zero-order valence-electron chi connectivity index (χ0n) is 15.8. The van der Waals surface area contributed by atoms with E-state index in [1.807, 2.05) is 54.9 Å². The standard InChI is InChI=1S/C20H22ClN3O3S/c1-3-25-16-8-10-17(11-9-16)26-12-13-28-20-23-22-19(24(20)2)14-27-18-6-4-15(21)5-7-18/h4-11H,3,12-14H2,1-2H3. The van der Waals surface area contributed by atoms with Crippen LogP contribution in [-0.4, -0.2) is 33.7 Å². The lowest BCUT2D eigenvalue weighted by Gasteiger charge is -2.08. The molecule has 3 aromatic rings. The van der Waals surface area contributed by atoms with Crippen molar-refractivity contribution in [2.24, 2.45) is 7.05 Å². The number of nitrogens with zero attached hydrogens (tertiary/aromatic N) is 3. The molecule has 0 amide bonds. The van der Waals surface area contributed by atoms with Crippen molar-refractivity contribution >= 4 is 23.4 Å². The first-order valence-electron chi connectivity index (χ1n) is 8.91. The van der Waals surface area contributed by atoms with Gasteiger partial charge in [-0.05, 0) is 55.5 Å². The first kappa shape index (κ1) is 20.4. The lowest BCUT2D eigenvalue weighted by Crippen LogP contribution is -2.05. The summed E-state index contributed by atoms with van der Waals surface area (Å²) < 4.78 is 18.8. The van der Waals surface area contributed by atoms with Crippen molar-refractivity contribution in [1.29, 1.82) is 0 Å². The molecule has 148 valence electrons. The van der Waals surface area contributed by atoms with Crippen molar-refractivity contribution in [1.82, 2.24) is 14.8 Å². The van der Waals surface area contributed by atoms with Crippen molar-refractivity contribution in [3.8, 4) is 17.2 Å². The van der Waals surface area contributed by atoms with Crippen molar-refractivity contribution < 1.29 is 14.2 Å². The normalized spacial score (nSPS) is 10.7. The summed E-state index contributed by atoms with van der Waals surface area (Å²) in [5.74, 6) is 3.92. The van der Waals surface area contributed by atoms with Gasteiger partial charge in [-0.15, -0.1) is 10.2 Å². The SMILES string of the molecule is CCOc1ccc(OCCSc2nnc(COc3ccc(Cl)cc3)n2C)cc1. The Labute approximate surface area is 173 Å². The molecule has 0 saturated heterocycles. The molecule has 3 rings (SSSR count). The summed E-state index contributed by atoms with van der Waals surface area (Å²) in [7, 11) is 1.93. The van der Waals surface area contributed by atoms with Crippen LogP contribution in [0.4, 0.5) is 0 Å². The summed E-state index contributed by atoms with van der Waals surface area (Å²) in [5.41, 5.74) is 0. The van der Waals surface area contributed by atoms with Crippen LogP contribution in [0.15, 0.2) is 53.7 Å². The van der Waals surface area contributed by atoms with E-state index in [2.05, 4.69) is 10.2 Å². The number of aromatic nitrogens is 3. The second kappa shape index (κ2) is 10.2. The number of halogens is 1. The van der Waals surface area contributed by atoms with Gasteiger partial charge in [0.2, 0.25) is 0 Å². The Morgan fingerprint density at radius 2 is 1.50 bits per heavy atom. The van der Waals surface area contributed by atoms with Crippen LogP contribution in [0.5, 0.6) is 17.2 Å². The van der Waals surface area contributed by atoms with Crippen LogP contribution in [0.25, 0.3) is 0 Å². The Morgan fingerprint density at radius 1 is 0.893 bits per heavy atom. The summed E-state index contributed by atoms with van der Waals surface area (Å²) >= 11 is 7.46. The number of hydrogen-bond donors (Lipinski definition) is 0. The molecule has 2 aromatic carbocycles. The first-order chi connectivity index (χ1) is 13.7. The molecule has 0 fully saturated rings. The lowest BCUT2D eigenvalue weighted by atomic mass is 10.3. The second-order valence-electron chi connectivity index (χ2n) is 5.80. The Hall–Kier alpha value is -2.38. The van der Waals surface area contributed by atoms with Gasteiger partial charge in [0, 0.05) is 17.8 Å². The molecule has 0 unspecified atom stereocenters. The first-order valence-corrected chi connectivity index (χ1v) is 10.3. The molecule has 0 aliphatic rings. The maximum atomic E-state index is 5.88. The van der Waals surface area contributed by atoms with E-state index in [0.29, 0.717) is 24.8 Å². The zero-order valence-corrected chi connectivity index (χ0v) is 17.4. The highest BCUT2D eigenvalue weighted by Crippen LogP contribution is 2.20. The van der Waals surface area contributed by atoms with Gasteiger partial charge in [0.15, 0.2) is 11.0 Å². The predicted octanol–water partition coefficient (Wildman–Crippen LogP) is 4.62. The van der Waals surface area contributed by atoms with E-state index in [1.165, 1.54) is 0 Å². The number of rotatable bonds is 10. The Bertz CT molecular complexity index is 869.